The molecule has 1 heterocycles. The highest BCUT2D eigenvalue weighted by atomic mass is 79.9. The number of amides is 1. The molecular weight excluding hydrogens is 292 g/mol. The molecule has 0 bridgehead atoms. The number of carbonyl (C=O) groups is 1. The first-order valence-corrected chi connectivity index (χ1v) is 7.14. The highest BCUT2D eigenvalue weighted by molar-refractivity contribution is 9.10. The third-order valence-corrected chi connectivity index (χ3v) is 4.03. The number of hydrogen-bond acceptors (Lipinski definition) is 3. The SMILES string of the molecule is C[C@H](CNC(=O)c1ncccc1Br)[S@@](C)=O. The molecule has 0 aromatic carbocycles. The van der Waals surface area contributed by atoms with Crippen molar-refractivity contribution in [1.82, 2.24) is 10.3 Å². The Morgan fingerprint density at radius 2 is 2.38 bits per heavy atom. The fraction of sp³-hybridized carbons (Fsp3) is 0.400. The number of nitrogens with one attached hydrogen (secondary N) is 1. The van der Waals surface area contributed by atoms with Gasteiger partial charge in [0.2, 0.25) is 0 Å². The van der Waals surface area contributed by atoms with E-state index >= 15 is 0 Å². The van der Waals surface area contributed by atoms with E-state index in [1.165, 1.54) is 0 Å². The summed E-state index contributed by atoms with van der Waals surface area (Å²) >= 11 is 3.25. The number of aromatic nitrogens is 1. The molecule has 0 spiro atoms. The lowest BCUT2D eigenvalue weighted by molar-refractivity contribution is 0.0948. The van der Waals surface area contributed by atoms with Crippen molar-refractivity contribution >= 4 is 32.6 Å². The van der Waals surface area contributed by atoms with E-state index in [0.29, 0.717) is 16.7 Å². The quantitative estimate of drug-likeness (QED) is 0.913. The van der Waals surface area contributed by atoms with E-state index in [0.717, 1.165) is 0 Å². The Bertz CT molecular complexity index is 412. The van der Waals surface area contributed by atoms with Crippen molar-refractivity contribution < 1.29 is 9.00 Å². The second-order valence-electron chi connectivity index (χ2n) is 3.35. The monoisotopic (exact) mass is 304 g/mol. The van der Waals surface area contributed by atoms with Gasteiger partial charge in [-0.1, -0.05) is 0 Å². The van der Waals surface area contributed by atoms with E-state index < -0.39 is 10.8 Å². The van der Waals surface area contributed by atoms with Gasteiger partial charge in [-0.25, -0.2) is 4.98 Å². The zero-order chi connectivity index (χ0) is 12.1. The Morgan fingerprint density at radius 3 is 2.94 bits per heavy atom. The van der Waals surface area contributed by atoms with Crippen LogP contribution in [0, 0.1) is 0 Å². The summed E-state index contributed by atoms with van der Waals surface area (Å²) in [6.45, 7) is 2.20. The van der Waals surface area contributed by atoms with Crippen LogP contribution in [0.15, 0.2) is 22.8 Å². The minimum Gasteiger partial charge on any atom is -0.349 e. The fourth-order valence-corrected chi connectivity index (χ4v) is 1.74. The Labute approximate surface area is 105 Å². The number of hydrogen-bond donors (Lipinski definition) is 1. The Balaban J connectivity index is 2.60. The molecule has 4 nitrogen and oxygen atoms in total. The number of halogens is 1. The van der Waals surface area contributed by atoms with Crippen molar-refractivity contribution in [3.63, 3.8) is 0 Å². The Kier molecular flexibility index (Phi) is 5.08. The standard InChI is InChI=1S/C10H13BrN2O2S/c1-7(16(2)15)6-13-10(14)9-8(11)4-3-5-12-9/h3-5,7H,6H2,1-2H3,(H,13,14)/t7-,16-/m1/s1. The predicted octanol–water partition coefficient (Wildman–Crippen LogP) is 1.34. The summed E-state index contributed by atoms with van der Waals surface area (Å²) in [4.78, 5) is 15.7. The zero-order valence-electron chi connectivity index (χ0n) is 9.07. The van der Waals surface area contributed by atoms with Crippen molar-refractivity contribution in [3.8, 4) is 0 Å². The van der Waals surface area contributed by atoms with E-state index in [9.17, 15) is 9.00 Å². The highest BCUT2D eigenvalue weighted by Gasteiger charge is 2.13. The first-order valence-electron chi connectivity index (χ1n) is 4.73. The fourth-order valence-electron chi connectivity index (χ4n) is 0.990. The van der Waals surface area contributed by atoms with Crippen LogP contribution in [0.5, 0.6) is 0 Å². The van der Waals surface area contributed by atoms with E-state index in [1.54, 1.807) is 24.6 Å². The van der Waals surface area contributed by atoms with Gasteiger partial charge in [0.1, 0.15) is 5.69 Å². The molecule has 0 aliphatic rings. The molecule has 1 rings (SSSR count). The summed E-state index contributed by atoms with van der Waals surface area (Å²) in [6.07, 6.45) is 3.18. The van der Waals surface area contributed by atoms with Gasteiger partial charge in [0.25, 0.3) is 5.91 Å². The summed E-state index contributed by atoms with van der Waals surface area (Å²) < 4.78 is 11.7. The van der Waals surface area contributed by atoms with Crippen molar-refractivity contribution in [2.45, 2.75) is 12.2 Å². The minimum absolute atomic E-state index is 0.0635. The normalized spacial score (nSPS) is 14.2. The van der Waals surface area contributed by atoms with Gasteiger partial charge in [0.05, 0.1) is 0 Å². The molecular formula is C10H13BrN2O2S. The van der Waals surface area contributed by atoms with Gasteiger partial charge in [-0.2, -0.15) is 0 Å². The lowest BCUT2D eigenvalue weighted by Gasteiger charge is -2.10. The van der Waals surface area contributed by atoms with Gasteiger partial charge >= 0.3 is 0 Å². The van der Waals surface area contributed by atoms with Crippen LogP contribution in [0.4, 0.5) is 0 Å². The maximum Gasteiger partial charge on any atom is 0.271 e. The summed E-state index contributed by atoms with van der Waals surface area (Å²) in [5.74, 6) is -0.259. The second kappa shape index (κ2) is 6.10. The van der Waals surface area contributed by atoms with Gasteiger partial charge in [0.15, 0.2) is 0 Å². The highest BCUT2D eigenvalue weighted by Crippen LogP contribution is 2.12. The molecule has 0 saturated carbocycles. The lowest BCUT2D eigenvalue weighted by Crippen LogP contribution is -2.33. The summed E-state index contributed by atoms with van der Waals surface area (Å²) in [5, 5.41) is 2.63. The van der Waals surface area contributed by atoms with Crippen LogP contribution in [-0.2, 0) is 10.8 Å². The first-order chi connectivity index (χ1) is 7.52. The predicted molar refractivity (Wildman–Crippen MR) is 67.8 cm³/mol. The van der Waals surface area contributed by atoms with Crippen LogP contribution in [0.25, 0.3) is 0 Å². The van der Waals surface area contributed by atoms with E-state index in [1.807, 2.05) is 6.92 Å². The molecule has 0 aliphatic carbocycles. The van der Waals surface area contributed by atoms with Crippen LogP contribution >= 0.6 is 15.9 Å². The minimum atomic E-state index is -0.935. The molecule has 16 heavy (non-hydrogen) atoms. The summed E-state index contributed by atoms with van der Waals surface area (Å²) in [6, 6.07) is 3.49. The third-order valence-electron chi connectivity index (χ3n) is 2.09. The van der Waals surface area contributed by atoms with Crippen molar-refractivity contribution in [2.24, 2.45) is 0 Å². The molecule has 88 valence electrons. The van der Waals surface area contributed by atoms with Gasteiger partial charge in [-0.15, -0.1) is 0 Å². The number of rotatable bonds is 4. The Hall–Kier alpha value is -0.750. The van der Waals surface area contributed by atoms with Gasteiger partial charge in [0, 0.05) is 39.5 Å². The second-order valence-corrected chi connectivity index (χ2v) is 6.01. The number of carbonyl (C=O) groups excluding carboxylic acids is 1. The van der Waals surface area contributed by atoms with E-state index in [2.05, 4.69) is 26.2 Å². The molecule has 0 fully saturated rings. The lowest BCUT2D eigenvalue weighted by atomic mass is 10.3. The topological polar surface area (TPSA) is 59.1 Å². The average Bonchev–Trinajstić information content (AvgIpc) is 2.25. The number of nitrogens with zero attached hydrogens (tertiary/aromatic N) is 1. The van der Waals surface area contributed by atoms with E-state index in [-0.39, 0.29) is 11.2 Å². The zero-order valence-corrected chi connectivity index (χ0v) is 11.5. The van der Waals surface area contributed by atoms with Crippen LogP contribution < -0.4 is 5.32 Å². The van der Waals surface area contributed by atoms with Crippen molar-refractivity contribution in [3.05, 3.63) is 28.5 Å². The largest absolute Gasteiger partial charge is 0.349 e. The van der Waals surface area contributed by atoms with E-state index in [4.69, 9.17) is 0 Å². The maximum absolute atomic E-state index is 11.7. The smallest absolute Gasteiger partial charge is 0.271 e. The molecule has 1 amide bonds. The molecule has 0 saturated heterocycles. The Morgan fingerprint density at radius 1 is 1.69 bits per heavy atom. The molecule has 6 heteroatoms. The first kappa shape index (κ1) is 13.3. The third kappa shape index (κ3) is 3.68. The molecule has 1 aromatic rings. The van der Waals surface area contributed by atoms with Crippen molar-refractivity contribution in [2.75, 3.05) is 12.8 Å². The summed E-state index contributed by atoms with van der Waals surface area (Å²) in [7, 11) is -0.935. The maximum atomic E-state index is 11.7. The van der Waals surface area contributed by atoms with Gasteiger partial charge in [-0.05, 0) is 35.0 Å². The molecule has 1 N–H and O–H groups in total. The molecule has 0 radical (unpaired) electrons. The van der Waals surface area contributed by atoms with Crippen LogP contribution in [0.1, 0.15) is 17.4 Å². The number of pyridine rings is 1. The van der Waals surface area contributed by atoms with Gasteiger partial charge in [-0.3, -0.25) is 9.00 Å². The average molecular weight is 305 g/mol. The molecule has 1 aromatic heterocycles. The molecule has 2 atom stereocenters. The van der Waals surface area contributed by atoms with Crippen LogP contribution in [0.2, 0.25) is 0 Å². The molecule has 0 unspecified atom stereocenters. The van der Waals surface area contributed by atoms with Crippen LogP contribution in [0.3, 0.4) is 0 Å². The van der Waals surface area contributed by atoms with Gasteiger partial charge < -0.3 is 5.32 Å². The van der Waals surface area contributed by atoms with Crippen molar-refractivity contribution in [1.29, 1.82) is 0 Å². The van der Waals surface area contributed by atoms with Crippen LogP contribution in [-0.4, -0.2) is 33.2 Å². The summed E-state index contributed by atoms with van der Waals surface area (Å²) in [5.41, 5.74) is 0.344. The molecule has 0 aliphatic heterocycles.